The van der Waals surface area contributed by atoms with Crippen LogP contribution in [0.4, 0.5) is 0 Å². The average molecular weight is 309 g/mol. The Balaban J connectivity index is 2.00. The summed E-state index contributed by atoms with van der Waals surface area (Å²) in [6.07, 6.45) is 2.85. The monoisotopic (exact) mass is 308 g/mol. The van der Waals surface area contributed by atoms with Gasteiger partial charge in [0.05, 0.1) is 33.3 Å². The van der Waals surface area contributed by atoms with Crippen LogP contribution in [0.5, 0.6) is 0 Å². The van der Waals surface area contributed by atoms with E-state index >= 15 is 0 Å². The van der Waals surface area contributed by atoms with Crippen molar-refractivity contribution in [2.45, 2.75) is 6.42 Å². The summed E-state index contributed by atoms with van der Waals surface area (Å²) in [7, 11) is 0. The summed E-state index contributed by atoms with van der Waals surface area (Å²) < 4.78 is 2.97. The summed E-state index contributed by atoms with van der Waals surface area (Å²) in [6, 6.07) is 6.10. The first-order chi connectivity index (χ1) is 8.36. The van der Waals surface area contributed by atoms with Gasteiger partial charge in [-0.1, -0.05) is 21.1 Å². The molecular weight excluding hydrogens is 300 g/mol. The molecule has 0 bridgehead atoms. The van der Waals surface area contributed by atoms with Gasteiger partial charge in [0.15, 0.2) is 0 Å². The molecule has 0 fully saturated rings. The predicted octanol–water partition coefficient (Wildman–Crippen LogP) is 2.81. The van der Waals surface area contributed by atoms with Gasteiger partial charge in [-0.3, -0.25) is 0 Å². The maximum atomic E-state index is 4.26. The summed E-state index contributed by atoms with van der Waals surface area (Å²) >= 11 is 5.03. The van der Waals surface area contributed by atoms with E-state index in [1.54, 1.807) is 16.0 Å². The highest BCUT2D eigenvalue weighted by Gasteiger charge is 2.04. The van der Waals surface area contributed by atoms with Gasteiger partial charge >= 0.3 is 0 Å². The van der Waals surface area contributed by atoms with Crippen molar-refractivity contribution in [3.63, 3.8) is 0 Å². The summed E-state index contributed by atoms with van der Waals surface area (Å²) in [5.41, 5.74) is 4.90. The van der Waals surface area contributed by atoms with E-state index in [2.05, 4.69) is 37.3 Å². The van der Waals surface area contributed by atoms with Crippen LogP contribution in [-0.2, 0) is 6.42 Å². The molecule has 1 aromatic carbocycles. The van der Waals surface area contributed by atoms with Crippen molar-refractivity contribution in [1.82, 2.24) is 20.0 Å². The van der Waals surface area contributed by atoms with Gasteiger partial charge in [0.25, 0.3) is 0 Å². The Hall–Kier alpha value is -1.27. The zero-order valence-corrected chi connectivity index (χ0v) is 11.3. The van der Waals surface area contributed by atoms with E-state index in [1.807, 2.05) is 23.8 Å². The summed E-state index contributed by atoms with van der Waals surface area (Å²) in [5.74, 6) is 0. The van der Waals surface area contributed by atoms with Crippen molar-refractivity contribution in [3.05, 3.63) is 35.6 Å². The standard InChI is InChI=1S/C11H9BrN4S/c12-4-3-8-6-16(15-14-8)9-1-2-10-11(5-9)17-7-13-10/h1-2,5-7H,3-4H2. The van der Waals surface area contributed by atoms with Gasteiger partial charge in [0.1, 0.15) is 0 Å². The van der Waals surface area contributed by atoms with Gasteiger partial charge in [-0.2, -0.15) is 0 Å². The first-order valence-corrected chi connectivity index (χ1v) is 7.18. The van der Waals surface area contributed by atoms with Gasteiger partial charge in [0.2, 0.25) is 0 Å². The number of halogens is 1. The van der Waals surface area contributed by atoms with Gasteiger partial charge in [-0.25, -0.2) is 9.67 Å². The van der Waals surface area contributed by atoms with Crippen LogP contribution in [0.1, 0.15) is 5.69 Å². The van der Waals surface area contributed by atoms with E-state index in [4.69, 9.17) is 0 Å². The maximum Gasteiger partial charge on any atom is 0.0840 e. The number of thiazole rings is 1. The van der Waals surface area contributed by atoms with Gasteiger partial charge < -0.3 is 0 Å². The van der Waals surface area contributed by atoms with Crippen molar-refractivity contribution in [3.8, 4) is 5.69 Å². The van der Waals surface area contributed by atoms with E-state index in [1.165, 1.54) is 4.70 Å². The van der Waals surface area contributed by atoms with Crippen LogP contribution in [0, 0.1) is 0 Å². The minimum absolute atomic E-state index is 0.892. The van der Waals surface area contributed by atoms with Crippen LogP contribution < -0.4 is 0 Å². The molecule has 0 amide bonds. The van der Waals surface area contributed by atoms with E-state index < -0.39 is 0 Å². The quantitative estimate of drug-likeness (QED) is 0.699. The fourth-order valence-corrected chi connectivity index (χ4v) is 2.74. The third-order valence-corrected chi connectivity index (χ3v) is 3.66. The van der Waals surface area contributed by atoms with Gasteiger partial charge in [0, 0.05) is 11.8 Å². The van der Waals surface area contributed by atoms with Crippen molar-refractivity contribution in [2.24, 2.45) is 0 Å². The Morgan fingerprint density at radius 1 is 1.35 bits per heavy atom. The van der Waals surface area contributed by atoms with Crippen LogP contribution in [-0.4, -0.2) is 25.3 Å². The minimum Gasteiger partial charge on any atom is -0.245 e. The molecule has 17 heavy (non-hydrogen) atoms. The molecular formula is C11H9BrN4S. The second kappa shape index (κ2) is 4.54. The second-order valence-electron chi connectivity index (χ2n) is 3.60. The molecule has 0 saturated carbocycles. The lowest BCUT2D eigenvalue weighted by Gasteiger charge is -1.98. The molecule has 0 saturated heterocycles. The molecule has 0 atom stereocenters. The molecule has 0 radical (unpaired) electrons. The normalized spacial score (nSPS) is 11.1. The number of benzene rings is 1. The van der Waals surface area contributed by atoms with Crippen LogP contribution >= 0.6 is 27.3 Å². The Morgan fingerprint density at radius 3 is 3.18 bits per heavy atom. The number of aryl methyl sites for hydroxylation is 1. The number of hydrogen-bond donors (Lipinski definition) is 0. The minimum atomic E-state index is 0.892. The number of nitrogens with zero attached hydrogens (tertiary/aromatic N) is 4. The molecule has 3 rings (SSSR count). The summed E-state index contributed by atoms with van der Waals surface area (Å²) in [6.45, 7) is 0. The molecule has 4 nitrogen and oxygen atoms in total. The third-order valence-electron chi connectivity index (χ3n) is 2.47. The topological polar surface area (TPSA) is 43.6 Å². The van der Waals surface area contributed by atoms with E-state index in [0.717, 1.165) is 28.6 Å². The zero-order chi connectivity index (χ0) is 11.7. The molecule has 2 heterocycles. The number of fused-ring (bicyclic) bond motifs is 1. The van der Waals surface area contributed by atoms with Crippen LogP contribution in [0.25, 0.3) is 15.9 Å². The van der Waals surface area contributed by atoms with Crippen molar-refractivity contribution < 1.29 is 0 Å². The summed E-state index contributed by atoms with van der Waals surface area (Å²) in [4.78, 5) is 4.26. The Morgan fingerprint density at radius 2 is 2.29 bits per heavy atom. The van der Waals surface area contributed by atoms with E-state index in [0.29, 0.717) is 0 Å². The first-order valence-electron chi connectivity index (χ1n) is 5.17. The first kappa shape index (κ1) is 10.9. The van der Waals surface area contributed by atoms with Crippen LogP contribution in [0.2, 0.25) is 0 Å². The maximum absolute atomic E-state index is 4.26. The zero-order valence-electron chi connectivity index (χ0n) is 8.88. The molecule has 6 heteroatoms. The lowest BCUT2D eigenvalue weighted by Crippen LogP contribution is -1.94. The molecule has 0 spiro atoms. The fraction of sp³-hybridized carbons (Fsp3) is 0.182. The molecule has 0 aliphatic heterocycles. The van der Waals surface area contributed by atoms with Gasteiger partial charge in [-0.15, -0.1) is 16.4 Å². The third kappa shape index (κ3) is 2.10. The number of hydrogen-bond acceptors (Lipinski definition) is 4. The van der Waals surface area contributed by atoms with Crippen molar-refractivity contribution in [1.29, 1.82) is 0 Å². The number of rotatable bonds is 3. The molecule has 3 aromatic rings. The summed E-state index contributed by atoms with van der Waals surface area (Å²) in [5, 5.41) is 9.15. The fourth-order valence-electron chi connectivity index (χ4n) is 1.62. The predicted molar refractivity (Wildman–Crippen MR) is 72.0 cm³/mol. The Labute approximate surface area is 110 Å². The molecule has 86 valence electrons. The molecule has 0 aliphatic rings. The van der Waals surface area contributed by atoms with E-state index in [-0.39, 0.29) is 0 Å². The highest BCUT2D eigenvalue weighted by Crippen LogP contribution is 2.20. The van der Waals surface area contributed by atoms with Gasteiger partial charge in [-0.05, 0) is 18.2 Å². The Bertz CT molecular complexity index is 646. The average Bonchev–Trinajstić information content (AvgIpc) is 2.96. The van der Waals surface area contributed by atoms with Crippen molar-refractivity contribution >= 4 is 37.5 Å². The number of aromatic nitrogens is 4. The largest absolute Gasteiger partial charge is 0.245 e. The lowest BCUT2D eigenvalue weighted by molar-refractivity contribution is 0.799. The van der Waals surface area contributed by atoms with Crippen LogP contribution in [0.3, 0.4) is 0 Å². The molecule has 0 unspecified atom stereocenters. The Kier molecular flexibility index (Phi) is 2.90. The van der Waals surface area contributed by atoms with Crippen LogP contribution in [0.15, 0.2) is 29.9 Å². The molecule has 2 aromatic heterocycles. The van der Waals surface area contributed by atoms with Crippen molar-refractivity contribution in [2.75, 3.05) is 5.33 Å². The SMILES string of the molecule is BrCCc1cn(-c2ccc3ncsc3c2)nn1. The van der Waals surface area contributed by atoms with E-state index in [9.17, 15) is 0 Å². The molecule has 0 aliphatic carbocycles. The lowest BCUT2D eigenvalue weighted by atomic mass is 10.3. The number of alkyl halides is 1. The highest BCUT2D eigenvalue weighted by molar-refractivity contribution is 9.09. The highest BCUT2D eigenvalue weighted by atomic mass is 79.9. The second-order valence-corrected chi connectivity index (χ2v) is 5.28. The molecule has 0 N–H and O–H groups in total. The smallest absolute Gasteiger partial charge is 0.0840 e.